The summed E-state index contributed by atoms with van der Waals surface area (Å²) < 4.78 is 31.4. The molecule has 0 spiro atoms. The Morgan fingerprint density at radius 2 is 1.68 bits per heavy atom. The van der Waals surface area contributed by atoms with Crippen LogP contribution >= 0.6 is 0 Å². The first-order valence-electron chi connectivity index (χ1n) is 7.37. The molecule has 132 valence electrons. The second-order valence-corrected chi connectivity index (χ2v) is 6.91. The van der Waals surface area contributed by atoms with Gasteiger partial charge >= 0.3 is 5.97 Å². The minimum Gasteiger partial charge on any atom is -0.465 e. The van der Waals surface area contributed by atoms with Gasteiger partial charge in [0, 0.05) is 0 Å². The summed E-state index contributed by atoms with van der Waals surface area (Å²) >= 11 is 0. The van der Waals surface area contributed by atoms with Crippen LogP contribution in [-0.4, -0.2) is 33.9 Å². The zero-order chi connectivity index (χ0) is 18.4. The quantitative estimate of drug-likeness (QED) is 0.762. The summed E-state index contributed by atoms with van der Waals surface area (Å²) in [5.41, 5.74) is 1.00. The number of rotatable bonds is 6. The molecule has 2 rings (SSSR count). The Hall–Kier alpha value is -2.71. The van der Waals surface area contributed by atoms with E-state index in [1.54, 1.807) is 37.3 Å². The standard InChI is InChI=1S/C17H18N2O5S/c1-12-7-3-6-10-15(12)25(22,23)18-11-16(20)19-14-9-5-4-8-13(14)17(21)24-2/h3-10,18H,11H2,1-2H3,(H,19,20). The Balaban J connectivity index is 2.07. The van der Waals surface area contributed by atoms with Gasteiger partial charge in [0.05, 0.1) is 29.8 Å². The maximum absolute atomic E-state index is 12.3. The van der Waals surface area contributed by atoms with Crippen LogP contribution in [0, 0.1) is 6.92 Å². The number of amides is 1. The zero-order valence-corrected chi connectivity index (χ0v) is 14.6. The fraction of sp³-hybridized carbons (Fsp3) is 0.176. The van der Waals surface area contributed by atoms with Crippen molar-refractivity contribution in [2.24, 2.45) is 0 Å². The van der Waals surface area contributed by atoms with Crippen LogP contribution in [0.15, 0.2) is 53.4 Å². The van der Waals surface area contributed by atoms with Crippen LogP contribution in [0.4, 0.5) is 5.69 Å². The molecule has 25 heavy (non-hydrogen) atoms. The fourth-order valence-corrected chi connectivity index (χ4v) is 3.40. The number of esters is 1. The first kappa shape index (κ1) is 18.6. The summed E-state index contributed by atoms with van der Waals surface area (Å²) in [7, 11) is -2.58. The molecule has 0 saturated heterocycles. The number of carbonyl (C=O) groups excluding carboxylic acids is 2. The smallest absolute Gasteiger partial charge is 0.339 e. The van der Waals surface area contributed by atoms with Crippen molar-refractivity contribution in [3.05, 3.63) is 59.7 Å². The molecule has 0 aliphatic carbocycles. The van der Waals surface area contributed by atoms with Gasteiger partial charge in [-0.05, 0) is 30.7 Å². The van der Waals surface area contributed by atoms with Gasteiger partial charge in [-0.15, -0.1) is 0 Å². The molecule has 0 aromatic heterocycles. The predicted molar refractivity (Wildman–Crippen MR) is 92.8 cm³/mol. The molecule has 8 heteroatoms. The normalized spacial score (nSPS) is 11.0. The van der Waals surface area contributed by atoms with Gasteiger partial charge in [0.25, 0.3) is 0 Å². The molecule has 0 aliphatic rings. The highest BCUT2D eigenvalue weighted by molar-refractivity contribution is 7.89. The number of hydrogen-bond acceptors (Lipinski definition) is 5. The molecule has 7 nitrogen and oxygen atoms in total. The minimum atomic E-state index is -3.81. The van der Waals surface area contributed by atoms with E-state index in [0.717, 1.165) is 0 Å². The summed E-state index contributed by atoms with van der Waals surface area (Å²) in [5.74, 6) is -1.20. The lowest BCUT2D eigenvalue weighted by molar-refractivity contribution is -0.115. The van der Waals surface area contributed by atoms with Crippen LogP contribution < -0.4 is 10.0 Å². The molecule has 1 amide bonds. The average Bonchev–Trinajstić information content (AvgIpc) is 2.60. The van der Waals surface area contributed by atoms with Gasteiger partial charge in [-0.2, -0.15) is 0 Å². The van der Waals surface area contributed by atoms with E-state index in [4.69, 9.17) is 0 Å². The van der Waals surface area contributed by atoms with Crippen LogP contribution in [0.2, 0.25) is 0 Å². The molecular weight excluding hydrogens is 344 g/mol. The Bertz CT molecular complexity index is 893. The van der Waals surface area contributed by atoms with Crippen molar-refractivity contribution in [2.45, 2.75) is 11.8 Å². The molecule has 0 radical (unpaired) electrons. The number of aryl methyl sites for hydroxylation is 1. The second-order valence-electron chi connectivity index (χ2n) is 5.18. The number of benzene rings is 2. The minimum absolute atomic E-state index is 0.109. The van der Waals surface area contributed by atoms with Gasteiger partial charge in [-0.3, -0.25) is 4.79 Å². The monoisotopic (exact) mass is 362 g/mol. The van der Waals surface area contributed by atoms with Crippen molar-refractivity contribution < 1.29 is 22.7 Å². The summed E-state index contributed by atoms with van der Waals surface area (Å²) in [6, 6.07) is 12.8. The molecule has 2 aromatic rings. The molecule has 0 saturated carbocycles. The van der Waals surface area contributed by atoms with E-state index in [0.29, 0.717) is 5.56 Å². The highest BCUT2D eigenvalue weighted by Gasteiger charge is 2.18. The number of sulfonamides is 1. The third-order valence-electron chi connectivity index (χ3n) is 3.41. The van der Waals surface area contributed by atoms with Gasteiger partial charge in [-0.1, -0.05) is 30.3 Å². The van der Waals surface area contributed by atoms with Gasteiger partial charge in [-0.25, -0.2) is 17.9 Å². The highest BCUT2D eigenvalue weighted by Crippen LogP contribution is 2.16. The van der Waals surface area contributed by atoms with Crippen LogP contribution in [-0.2, 0) is 19.6 Å². The number of ether oxygens (including phenoxy) is 1. The SMILES string of the molecule is COC(=O)c1ccccc1NC(=O)CNS(=O)(=O)c1ccccc1C. The third-order valence-corrected chi connectivity index (χ3v) is 4.97. The molecule has 0 unspecified atom stereocenters. The van der Waals surface area contributed by atoms with E-state index in [1.165, 1.54) is 25.3 Å². The molecule has 0 bridgehead atoms. The molecular formula is C17H18N2O5S. The van der Waals surface area contributed by atoms with E-state index >= 15 is 0 Å². The summed E-state index contributed by atoms with van der Waals surface area (Å²) in [6.07, 6.45) is 0. The first-order valence-corrected chi connectivity index (χ1v) is 8.86. The second kappa shape index (κ2) is 7.91. The zero-order valence-electron chi connectivity index (χ0n) is 13.8. The molecule has 0 aliphatic heterocycles. The van der Waals surface area contributed by atoms with Crippen molar-refractivity contribution in [1.82, 2.24) is 4.72 Å². The number of hydrogen-bond donors (Lipinski definition) is 2. The van der Waals surface area contributed by atoms with Crippen molar-refractivity contribution >= 4 is 27.6 Å². The van der Waals surface area contributed by atoms with Crippen molar-refractivity contribution in [2.75, 3.05) is 19.0 Å². The fourth-order valence-electron chi connectivity index (χ4n) is 2.17. The van der Waals surface area contributed by atoms with Gasteiger partial charge in [0.15, 0.2) is 0 Å². The van der Waals surface area contributed by atoms with E-state index in [-0.39, 0.29) is 16.1 Å². The highest BCUT2D eigenvalue weighted by atomic mass is 32.2. The molecule has 0 atom stereocenters. The Kier molecular flexibility index (Phi) is 5.89. The predicted octanol–water partition coefficient (Wildman–Crippen LogP) is 1.70. The van der Waals surface area contributed by atoms with Crippen LogP contribution in [0.5, 0.6) is 0 Å². The molecule has 2 aromatic carbocycles. The van der Waals surface area contributed by atoms with E-state index in [1.807, 2.05) is 0 Å². The Morgan fingerprint density at radius 1 is 1.04 bits per heavy atom. The molecule has 2 N–H and O–H groups in total. The van der Waals surface area contributed by atoms with E-state index < -0.39 is 28.4 Å². The molecule has 0 fully saturated rings. The van der Waals surface area contributed by atoms with Gasteiger partial charge < -0.3 is 10.1 Å². The third kappa shape index (κ3) is 4.65. The van der Waals surface area contributed by atoms with Crippen molar-refractivity contribution in [3.8, 4) is 0 Å². The van der Waals surface area contributed by atoms with Crippen LogP contribution in [0.1, 0.15) is 15.9 Å². The average molecular weight is 362 g/mol. The lowest BCUT2D eigenvalue weighted by Crippen LogP contribution is -2.33. The number of anilines is 1. The van der Waals surface area contributed by atoms with Gasteiger partial charge in [0.2, 0.25) is 15.9 Å². The van der Waals surface area contributed by atoms with Crippen molar-refractivity contribution in [3.63, 3.8) is 0 Å². The van der Waals surface area contributed by atoms with E-state index in [2.05, 4.69) is 14.8 Å². The number of methoxy groups -OCH3 is 1. The Morgan fingerprint density at radius 3 is 2.36 bits per heavy atom. The van der Waals surface area contributed by atoms with Crippen molar-refractivity contribution in [1.29, 1.82) is 0 Å². The molecule has 0 heterocycles. The largest absolute Gasteiger partial charge is 0.465 e. The maximum atomic E-state index is 12.3. The van der Waals surface area contributed by atoms with Gasteiger partial charge in [0.1, 0.15) is 0 Å². The number of para-hydroxylation sites is 1. The summed E-state index contributed by atoms with van der Waals surface area (Å²) in [5, 5.41) is 2.50. The lowest BCUT2D eigenvalue weighted by atomic mass is 10.2. The first-order chi connectivity index (χ1) is 11.8. The van der Waals surface area contributed by atoms with Crippen LogP contribution in [0.25, 0.3) is 0 Å². The van der Waals surface area contributed by atoms with E-state index in [9.17, 15) is 18.0 Å². The summed E-state index contributed by atoms with van der Waals surface area (Å²) in [4.78, 5) is 23.8. The van der Waals surface area contributed by atoms with Crippen LogP contribution in [0.3, 0.4) is 0 Å². The number of carbonyl (C=O) groups is 2. The Labute approximate surface area is 146 Å². The topological polar surface area (TPSA) is 102 Å². The lowest BCUT2D eigenvalue weighted by Gasteiger charge is -2.11. The summed E-state index contributed by atoms with van der Waals surface area (Å²) in [6.45, 7) is 1.20. The number of nitrogens with one attached hydrogen (secondary N) is 2. The maximum Gasteiger partial charge on any atom is 0.339 e.